The van der Waals surface area contributed by atoms with Crippen LogP contribution in [0.25, 0.3) is 0 Å². The molecule has 0 saturated carbocycles. The van der Waals surface area contributed by atoms with Gasteiger partial charge in [0.05, 0.1) is 18.2 Å². The average Bonchev–Trinajstić information content (AvgIpc) is 2.80. The molecule has 0 aliphatic carbocycles. The Morgan fingerprint density at radius 1 is 1.41 bits per heavy atom. The summed E-state index contributed by atoms with van der Waals surface area (Å²) in [5.41, 5.74) is 6.48. The van der Waals surface area contributed by atoms with Crippen LogP contribution < -0.4 is 10.5 Å². The van der Waals surface area contributed by atoms with Crippen LogP contribution in [-0.4, -0.2) is 13.4 Å². The molecule has 0 aromatic carbocycles. The number of nitrogens with zero attached hydrogens (tertiary/aromatic N) is 1. The molecule has 0 unspecified atom stereocenters. The van der Waals surface area contributed by atoms with E-state index in [1.54, 1.807) is 6.07 Å². The van der Waals surface area contributed by atoms with E-state index in [0.29, 0.717) is 0 Å². The number of nitrogens with one attached hydrogen (secondary N) is 1. The topological polar surface area (TPSA) is 98.2 Å². The van der Waals surface area contributed by atoms with Crippen molar-refractivity contribution in [2.45, 2.75) is 11.4 Å². The summed E-state index contributed by atoms with van der Waals surface area (Å²) in [5, 5.41) is 0. The summed E-state index contributed by atoms with van der Waals surface area (Å²) in [4.78, 5) is 3.71. The highest BCUT2D eigenvalue weighted by molar-refractivity contribution is 7.89. The lowest BCUT2D eigenvalue weighted by Gasteiger charge is -2.07. The number of aromatic nitrogens is 1. The van der Waals surface area contributed by atoms with E-state index in [0.717, 1.165) is 5.56 Å². The number of furan rings is 1. The van der Waals surface area contributed by atoms with Crippen LogP contribution in [0.3, 0.4) is 0 Å². The fourth-order valence-electron chi connectivity index (χ4n) is 1.26. The van der Waals surface area contributed by atoms with Crippen molar-refractivity contribution in [3.8, 4) is 0 Å². The second-order valence-electron chi connectivity index (χ2n) is 3.37. The van der Waals surface area contributed by atoms with Gasteiger partial charge in [0.1, 0.15) is 4.90 Å². The predicted octanol–water partition coefficient (Wildman–Crippen LogP) is 0.735. The van der Waals surface area contributed by atoms with E-state index in [-0.39, 0.29) is 17.1 Å². The molecule has 0 bridgehead atoms. The Morgan fingerprint density at radius 3 is 2.88 bits per heavy atom. The molecule has 2 heterocycles. The van der Waals surface area contributed by atoms with Crippen molar-refractivity contribution in [2.24, 2.45) is 0 Å². The van der Waals surface area contributed by atoms with E-state index >= 15 is 0 Å². The van der Waals surface area contributed by atoms with Gasteiger partial charge in [-0.25, -0.2) is 13.1 Å². The maximum Gasteiger partial charge on any atom is 0.244 e. The third kappa shape index (κ3) is 2.63. The second kappa shape index (κ2) is 4.56. The second-order valence-corrected chi connectivity index (χ2v) is 5.11. The highest BCUT2D eigenvalue weighted by atomic mass is 32.2. The van der Waals surface area contributed by atoms with E-state index in [2.05, 4.69) is 9.71 Å². The van der Waals surface area contributed by atoms with Crippen molar-refractivity contribution in [1.29, 1.82) is 0 Å². The Morgan fingerprint density at radius 2 is 2.24 bits per heavy atom. The van der Waals surface area contributed by atoms with E-state index in [1.165, 1.54) is 31.0 Å². The van der Waals surface area contributed by atoms with Crippen LogP contribution in [0.2, 0.25) is 0 Å². The van der Waals surface area contributed by atoms with Gasteiger partial charge in [0.15, 0.2) is 0 Å². The minimum Gasteiger partial charge on any atom is -0.472 e. The normalized spacial score (nSPS) is 11.5. The summed E-state index contributed by atoms with van der Waals surface area (Å²) < 4.78 is 31.0. The molecule has 0 spiro atoms. The minimum atomic E-state index is -3.65. The average molecular weight is 253 g/mol. The smallest absolute Gasteiger partial charge is 0.244 e. The minimum absolute atomic E-state index is 0.0245. The molecule has 0 fully saturated rings. The lowest BCUT2D eigenvalue weighted by molar-refractivity contribution is 0.561. The molecule has 0 amide bonds. The van der Waals surface area contributed by atoms with Gasteiger partial charge in [0, 0.05) is 24.5 Å². The molecule has 0 aliphatic heterocycles. The first kappa shape index (κ1) is 11.6. The Kier molecular flexibility index (Phi) is 3.12. The number of hydrogen-bond acceptors (Lipinski definition) is 5. The summed E-state index contributed by atoms with van der Waals surface area (Å²) in [6.07, 6.45) is 5.59. The van der Waals surface area contributed by atoms with Gasteiger partial charge in [-0.1, -0.05) is 0 Å². The first-order valence-electron chi connectivity index (χ1n) is 4.80. The molecule has 17 heavy (non-hydrogen) atoms. The molecule has 6 nitrogen and oxygen atoms in total. The number of pyridine rings is 1. The molecule has 7 heteroatoms. The maximum absolute atomic E-state index is 11.9. The molecule has 0 saturated heterocycles. The quantitative estimate of drug-likeness (QED) is 0.837. The van der Waals surface area contributed by atoms with Crippen LogP contribution in [0.15, 0.2) is 46.4 Å². The van der Waals surface area contributed by atoms with E-state index in [9.17, 15) is 8.42 Å². The van der Waals surface area contributed by atoms with Crippen molar-refractivity contribution < 1.29 is 12.8 Å². The lowest BCUT2D eigenvalue weighted by atomic mass is 10.4. The maximum atomic E-state index is 11.9. The van der Waals surface area contributed by atoms with Crippen molar-refractivity contribution in [2.75, 3.05) is 5.73 Å². The van der Waals surface area contributed by atoms with Crippen molar-refractivity contribution in [1.82, 2.24) is 9.71 Å². The fourth-order valence-corrected chi connectivity index (χ4v) is 2.35. The van der Waals surface area contributed by atoms with Gasteiger partial charge < -0.3 is 10.2 Å². The SMILES string of the molecule is Nc1ccncc1S(=O)(=O)NCc1ccoc1. The zero-order valence-corrected chi connectivity index (χ0v) is 9.65. The third-order valence-electron chi connectivity index (χ3n) is 2.15. The monoisotopic (exact) mass is 253 g/mol. The predicted molar refractivity (Wildman–Crippen MR) is 61.4 cm³/mol. The molecule has 2 aromatic rings. The fraction of sp³-hybridized carbons (Fsp3) is 0.100. The Hall–Kier alpha value is -1.86. The van der Waals surface area contributed by atoms with Crippen LogP contribution in [0.1, 0.15) is 5.56 Å². The van der Waals surface area contributed by atoms with Gasteiger partial charge in [-0.2, -0.15) is 0 Å². The summed E-state index contributed by atoms with van der Waals surface area (Å²) in [5.74, 6) is 0. The standard InChI is InChI=1S/C10H11N3O3S/c11-9-1-3-12-6-10(9)17(14,15)13-5-8-2-4-16-7-8/h1-4,6-7,13H,5H2,(H2,11,12). The van der Waals surface area contributed by atoms with E-state index in [4.69, 9.17) is 10.2 Å². The largest absolute Gasteiger partial charge is 0.472 e. The highest BCUT2D eigenvalue weighted by Crippen LogP contribution is 2.15. The first-order chi connectivity index (χ1) is 8.09. The molecular weight excluding hydrogens is 242 g/mol. The van der Waals surface area contributed by atoms with Crippen molar-refractivity contribution >= 4 is 15.7 Å². The summed E-state index contributed by atoms with van der Waals surface area (Å²) in [6, 6.07) is 3.11. The van der Waals surface area contributed by atoms with Crippen LogP contribution in [0, 0.1) is 0 Å². The van der Waals surface area contributed by atoms with Crippen LogP contribution in [-0.2, 0) is 16.6 Å². The Labute approximate surface area is 98.5 Å². The summed E-state index contributed by atoms with van der Waals surface area (Å²) >= 11 is 0. The zero-order chi connectivity index (χ0) is 12.3. The molecule has 90 valence electrons. The van der Waals surface area contributed by atoms with Crippen LogP contribution >= 0.6 is 0 Å². The first-order valence-corrected chi connectivity index (χ1v) is 6.28. The highest BCUT2D eigenvalue weighted by Gasteiger charge is 2.17. The van der Waals surface area contributed by atoms with Gasteiger partial charge in [-0.05, 0) is 12.1 Å². The number of nitrogens with two attached hydrogens (primary N) is 1. The summed E-state index contributed by atoms with van der Waals surface area (Å²) in [7, 11) is -3.65. The molecule has 0 aliphatic rings. The Bertz CT molecular complexity index is 593. The number of sulfonamides is 1. The number of anilines is 1. The lowest BCUT2D eigenvalue weighted by Crippen LogP contribution is -2.24. The zero-order valence-electron chi connectivity index (χ0n) is 8.83. The molecule has 2 aromatic heterocycles. The van der Waals surface area contributed by atoms with E-state index in [1.807, 2.05) is 0 Å². The number of rotatable bonds is 4. The molecule has 3 N–H and O–H groups in total. The molecule has 0 atom stereocenters. The Balaban J connectivity index is 2.17. The molecule has 2 rings (SSSR count). The van der Waals surface area contributed by atoms with Gasteiger partial charge >= 0.3 is 0 Å². The van der Waals surface area contributed by atoms with Crippen molar-refractivity contribution in [3.63, 3.8) is 0 Å². The molecular formula is C10H11N3O3S. The number of nitrogen functional groups attached to an aromatic ring is 1. The molecule has 0 radical (unpaired) electrons. The van der Waals surface area contributed by atoms with Crippen molar-refractivity contribution in [3.05, 3.63) is 42.6 Å². The van der Waals surface area contributed by atoms with Crippen LogP contribution in [0.4, 0.5) is 5.69 Å². The number of hydrogen-bond donors (Lipinski definition) is 2. The third-order valence-corrected chi connectivity index (χ3v) is 3.60. The van der Waals surface area contributed by atoms with Gasteiger partial charge in [0.2, 0.25) is 10.0 Å². The van der Waals surface area contributed by atoms with Gasteiger partial charge in [0.25, 0.3) is 0 Å². The van der Waals surface area contributed by atoms with Crippen LogP contribution in [0.5, 0.6) is 0 Å². The summed E-state index contributed by atoms with van der Waals surface area (Å²) in [6.45, 7) is 0.146. The van der Waals surface area contributed by atoms with E-state index < -0.39 is 10.0 Å². The van der Waals surface area contributed by atoms with Gasteiger partial charge in [-0.15, -0.1) is 0 Å². The van der Waals surface area contributed by atoms with Gasteiger partial charge in [-0.3, -0.25) is 4.98 Å².